The minimum absolute atomic E-state index is 0.0230. The Hall–Kier alpha value is -0.550. The van der Waals surface area contributed by atoms with Gasteiger partial charge in [0, 0.05) is 20.9 Å². The van der Waals surface area contributed by atoms with Crippen molar-refractivity contribution in [3.8, 4) is 11.3 Å². The lowest BCUT2D eigenvalue weighted by molar-refractivity contribution is 0.808. The quantitative estimate of drug-likeness (QED) is 0.839. The maximum absolute atomic E-state index is 6.08. The summed E-state index contributed by atoms with van der Waals surface area (Å²) in [5.41, 5.74) is 7.91. The highest BCUT2D eigenvalue weighted by Crippen LogP contribution is 2.34. The van der Waals surface area contributed by atoms with E-state index in [1.165, 1.54) is 4.90 Å². The van der Waals surface area contributed by atoms with Crippen LogP contribution in [0.15, 0.2) is 28.5 Å². The topological polar surface area (TPSA) is 38.9 Å². The number of aromatic nitrogens is 1. The van der Waals surface area contributed by atoms with Crippen molar-refractivity contribution in [2.24, 2.45) is 5.73 Å². The summed E-state index contributed by atoms with van der Waals surface area (Å²) in [6.45, 7) is 4.08. The van der Waals surface area contributed by atoms with E-state index in [0.717, 1.165) is 27.0 Å². The molecule has 0 radical (unpaired) electrons. The predicted molar refractivity (Wildman–Crippen MR) is 81.6 cm³/mol. The molecule has 0 fully saturated rings. The zero-order chi connectivity index (χ0) is 13.1. The molecular weight excluding hydrogens is 284 g/mol. The first kappa shape index (κ1) is 13.9. The van der Waals surface area contributed by atoms with Gasteiger partial charge in [0.2, 0.25) is 0 Å². The van der Waals surface area contributed by atoms with E-state index in [9.17, 15) is 0 Å². The molecule has 0 spiro atoms. The van der Waals surface area contributed by atoms with Gasteiger partial charge in [0.25, 0.3) is 0 Å². The first-order chi connectivity index (χ1) is 8.61. The second kappa shape index (κ2) is 6.06. The highest BCUT2D eigenvalue weighted by molar-refractivity contribution is 7.99. The van der Waals surface area contributed by atoms with Crippen molar-refractivity contribution in [1.29, 1.82) is 0 Å². The molecule has 0 aliphatic rings. The fourth-order valence-electron chi connectivity index (χ4n) is 1.60. The minimum Gasteiger partial charge on any atom is -0.322 e. The third kappa shape index (κ3) is 3.06. The Kier molecular flexibility index (Phi) is 4.67. The summed E-state index contributed by atoms with van der Waals surface area (Å²) in [6, 6.07) is 5.92. The molecule has 2 N–H and O–H groups in total. The molecular formula is C13H15ClN2S2. The Bertz CT molecular complexity index is 538. The molecule has 2 nitrogen and oxygen atoms in total. The molecule has 1 unspecified atom stereocenters. The molecule has 2 aromatic rings. The lowest BCUT2D eigenvalue weighted by Crippen LogP contribution is -2.03. The van der Waals surface area contributed by atoms with E-state index in [1.807, 2.05) is 24.4 Å². The highest BCUT2D eigenvalue weighted by Gasteiger charge is 2.12. The third-order valence-electron chi connectivity index (χ3n) is 2.43. The molecule has 0 aliphatic heterocycles. The van der Waals surface area contributed by atoms with Crippen LogP contribution in [-0.4, -0.2) is 10.7 Å². The summed E-state index contributed by atoms with van der Waals surface area (Å²) in [5, 5.41) is 3.74. The average Bonchev–Trinajstić information content (AvgIpc) is 2.81. The average molecular weight is 299 g/mol. The number of hydrogen-bond acceptors (Lipinski definition) is 4. The van der Waals surface area contributed by atoms with Crippen LogP contribution < -0.4 is 5.73 Å². The number of thiazole rings is 1. The van der Waals surface area contributed by atoms with Gasteiger partial charge in [-0.1, -0.05) is 18.5 Å². The Labute approximate surface area is 121 Å². The molecule has 2 rings (SSSR count). The molecule has 1 atom stereocenters. The number of rotatable bonds is 4. The van der Waals surface area contributed by atoms with Crippen LogP contribution in [0.2, 0.25) is 5.02 Å². The van der Waals surface area contributed by atoms with Gasteiger partial charge in [-0.25, -0.2) is 4.98 Å². The molecule has 0 bridgehead atoms. The molecule has 1 heterocycles. The fourth-order valence-corrected chi connectivity index (χ4v) is 3.35. The van der Waals surface area contributed by atoms with Gasteiger partial charge in [0.1, 0.15) is 5.01 Å². The second-order valence-electron chi connectivity index (χ2n) is 3.93. The predicted octanol–water partition coefficient (Wildman–Crippen LogP) is 4.60. The summed E-state index contributed by atoms with van der Waals surface area (Å²) in [7, 11) is 0. The molecule has 0 amide bonds. The van der Waals surface area contributed by atoms with E-state index in [1.54, 1.807) is 23.1 Å². The van der Waals surface area contributed by atoms with Crippen molar-refractivity contribution < 1.29 is 0 Å². The first-order valence-corrected chi connectivity index (χ1v) is 8.00. The van der Waals surface area contributed by atoms with Gasteiger partial charge in [-0.15, -0.1) is 23.1 Å². The van der Waals surface area contributed by atoms with E-state index in [2.05, 4.69) is 18.0 Å². The molecule has 96 valence electrons. The highest BCUT2D eigenvalue weighted by atomic mass is 35.5. The van der Waals surface area contributed by atoms with Crippen LogP contribution in [0.3, 0.4) is 0 Å². The van der Waals surface area contributed by atoms with Crippen molar-refractivity contribution in [2.75, 3.05) is 5.75 Å². The maximum Gasteiger partial charge on any atom is 0.110 e. The lowest BCUT2D eigenvalue weighted by Gasteiger charge is -2.06. The van der Waals surface area contributed by atoms with E-state index >= 15 is 0 Å². The van der Waals surface area contributed by atoms with Gasteiger partial charge in [0.05, 0.1) is 11.7 Å². The Morgan fingerprint density at radius 1 is 1.50 bits per heavy atom. The summed E-state index contributed by atoms with van der Waals surface area (Å²) in [4.78, 5) is 5.80. The first-order valence-electron chi connectivity index (χ1n) is 5.75. The molecule has 1 aromatic carbocycles. The number of thioether (sulfide) groups is 1. The molecule has 18 heavy (non-hydrogen) atoms. The van der Waals surface area contributed by atoms with Gasteiger partial charge in [0.15, 0.2) is 0 Å². The van der Waals surface area contributed by atoms with Crippen molar-refractivity contribution in [1.82, 2.24) is 4.98 Å². The zero-order valence-corrected chi connectivity index (χ0v) is 12.7. The SMILES string of the molecule is CCSc1ccc(Cl)cc1-c1csc(C(C)N)n1. The van der Waals surface area contributed by atoms with Crippen molar-refractivity contribution in [2.45, 2.75) is 24.8 Å². The second-order valence-corrected chi connectivity index (χ2v) is 6.57. The van der Waals surface area contributed by atoms with Crippen molar-refractivity contribution in [3.63, 3.8) is 0 Å². The van der Waals surface area contributed by atoms with Gasteiger partial charge < -0.3 is 5.73 Å². The largest absolute Gasteiger partial charge is 0.322 e. The number of benzene rings is 1. The standard InChI is InChI=1S/C13H15ClN2S2/c1-3-17-12-5-4-9(14)6-10(12)11-7-18-13(16-11)8(2)15/h4-8H,3,15H2,1-2H3. The maximum atomic E-state index is 6.08. The number of nitrogens with zero attached hydrogens (tertiary/aromatic N) is 1. The van der Waals surface area contributed by atoms with Gasteiger partial charge in [-0.3, -0.25) is 0 Å². The van der Waals surface area contributed by atoms with E-state index in [4.69, 9.17) is 17.3 Å². The number of hydrogen-bond donors (Lipinski definition) is 1. The number of halogens is 1. The Balaban J connectivity index is 2.44. The van der Waals surface area contributed by atoms with E-state index in [-0.39, 0.29) is 6.04 Å². The van der Waals surface area contributed by atoms with Crippen LogP contribution in [0, 0.1) is 0 Å². The van der Waals surface area contributed by atoms with E-state index in [0.29, 0.717) is 0 Å². The van der Waals surface area contributed by atoms with Crippen LogP contribution in [-0.2, 0) is 0 Å². The van der Waals surface area contributed by atoms with Crippen molar-refractivity contribution in [3.05, 3.63) is 33.6 Å². The zero-order valence-electron chi connectivity index (χ0n) is 10.3. The molecule has 1 aromatic heterocycles. The van der Waals surface area contributed by atoms with E-state index < -0.39 is 0 Å². The monoisotopic (exact) mass is 298 g/mol. The smallest absolute Gasteiger partial charge is 0.110 e. The van der Waals surface area contributed by atoms with Gasteiger partial charge in [-0.05, 0) is 30.9 Å². The summed E-state index contributed by atoms with van der Waals surface area (Å²) in [5.74, 6) is 1.03. The number of nitrogens with two attached hydrogens (primary N) is 1. The molecule has 5 heteroatoms. The minimum atomic E-state index is -0.0230. The Morgan fingerprint density at radius 3 is 2.89 bits per heavy atom. The van der Waals surface area contributed by atoms with Crippen LogP contribution in [0.4, 0.5) is 0 Å². The summed E-state index contributed by atoms with van der Waals surface area (Å²) < 4.78 is 0. The van der Waals surface area contributed by atoms with Crippen LogP contribution in [0.5, 0.6) is 0 Å². The summed E-state index contributed by atoms with van der Waals surface area (Å²) >= 11 is 9.47. The fraction of sp³-hybridized carbons (Fsp3) is 0.308. The van der Waals surface area contributed by atoms with Crippen LogP contribution >= 0.6 is 34.7 Å². The third-order valence-corrected chi connectivity index (χ3v) is 4.67. The molecule has 0 saturated carbocycles. The van der Waals surface area contributed by atoms with Crippen molar-refractivity contribution >= 4 is 34.7 Å². The molecule has 0 saturated heterocycles. The van der Waals surface area contributed by atoms with Crippen LogP contribution in [0.25, 0.3) is 11.3 Å². The lowest BCUT2D eigenvalue weighted by atomic mass is 10.2. The summed E-state index contributed by atoms with van der Waals surface area (Å²) in [6.07, 6.45) is 0. The normalized spacial score (nSPS) is 12.7. The van der Waals surface area contributed by atoms with Crippen LogP contribution in [0.1, 0.15) is 24.9 Å². The Morgan fingerprint density at radius 2 is 2.28 bits per heavy atom. The molecule has 0 aliphatic carbocycles. The van der Waals surface area contributed by atoms with Gasteiger partial charge in [-0.2, -0.15) is 0 Å². The van der Waals surface area contributed by atoms with Gasteiger partial charge >= 0.3 is 0 Å².